The molecule has 136 valence electrons. The Morgan fingerprint density at radius 3 is 2.73 bits per heavy atom. The highest BCUT2D eigenvalue weighted by Gasteiger charge is 2.32. The van der Waals surface area contributed by atoms with Crippen molar-refractivity contribution in [1.82, 2.24) is 24.1 Å². The number of piperidine rings is 1. The minimum Gasteiger partial charge on any atom is -0.207 e. The lowest BCUT2D eigenvalue weighted by atomic mass is 9.99. The molecule has 5 rings (SSSR count). The van der Waals surface area contributed by atoms with Gasteiger partial charge < -0.3 is 0 Å². The minimum atomic E-state index is -3.41. The molecule has 2 aromatic heterocycles. The molecule has 0 amide bonds. The van der Waals surface area contributed by atoms with Gasteiger partial charge in [-0.15, -0.1) is 10.2 Å². The Balaban J connectivity index is 1.33. The third-order valence-corrected chi connectivity index (χ3v) is 8.38. The van der Waals surface area contributed by atoms with Gasteiger partial charge in [-0.2, -0.15) is 13.9 Å². The van der Waals surface area contributed by atoms with Crippen LogP contribution in [0.5, 0.6) is 0 Å². The van der Waals surface area contributed by atoms with E-state index in [0.717, 1.165) is 42.1 Å². The fourth-order valence-electron chi connectivity index (χ4n) is 3.94. The third kappa shape index (κ3) is 2.65. The average Bonchev–Trinajstić information content (AvgIpc) is 3.36. The largest absolute Gasteiger partial charge is 0.243 e. The molecular weight excluding hydrogens is 370 g/mol. The predicted octanol–water partition coefficient (Wildman–Crippen LogP) is 2.24. The van der Waals surface area contributed by atoms with Crippen molar-refractivity contribution in [1.29, 1.82) is 0 Å². The molecule has 0 atom stereocenters. The lowest BCUT2D eigenvalue weighted by Gasteiger charge is -2.30. The molecule has 26 heavy (non-hydrogen) atoms. The number of fused-ring (bicyclic) bond motifs is 2. The number of nitrogens with zero attached hydrogens (tertiary/aromatic N) is 5. The van der Waals surface area contributed by atoms with Crippen LogP contribution in [0.2, 0.25) is 0 Å². The van der Waals surface area contributed by atoms with Gasteiger partial charge in [0.25, 0.3) is 0 Å². The Labute approximate surface area is 155 Å². The summed E-state index contributed by atoms with van der Waals surface area (Å²) in [6.45, 7) is 1.06. The summed E-state index contributed by atoms with van der Waals surface area (Å²) in [5.41, 5.74) is 2.49. The maximum absolute atomic E-state index is 13.0. The Kier molecular flexibility index (Phi) is 3.84. The molecule has 1 saturated heterocycles. The summed E-state index contributed by atoms with van der Waals surface area (Å²) in [6, 6.07) is 5.64. The maximum atomic E-state index is 13.0. The Bertz CT molecular complexity index is 1040. The van der Waals surface area contributed by atoms with E-state index in [1.165, 1.54) is 22.5 Å². The molecule has 0 unspecified atom stereocenters. The minimum absolute atomic E-state index is 0.285. The SMILES string of the molecule is O=S(=O)(c1ccc2c(c1)CCC2)N1CCC(c2nn3cnnc3s2)CC1. The molecule has 0 saturated carbocycles. The Morgan fingerprint density at radius 1 is 1.12 bits per heavy atom. The normalized spacial score (nSPS) is 19.2. The number of rotatable bonds is 3. The van der Waals surface area contributed by atoms with Gasteiger partial charge in [-0.3, -0.25) is 0 Å². The molecular formula is C17H19N5O2S2. The quantitative estimate of drug-likeness (QED) is 0.686. The van der Waals surface area contributed by atoms with E-state index in [2.05, 4.69) is 15.3 Å². The van der Waals surface area contributed by atoms with E-state index < -0.39 is 10.0 Å². The van der Waals surface area contributed by atoms with Gasteiger partial charge in [-0.05, 0) is 55.4 Å². The van der Waals surface area contributed by atoms with Crippen LogP contribution >= 0.6 is 11.3 Å². The second-order valence-corrected chi connectivity index (χ2v) is 9.89. The molecule has 0 radical (unpaired) electrons. The van der Waals surface area contributed by atoms with Crippen LogP contribution in [-0.4, -0.2) is 45.6 Å². The number of benzene rings is 1. The monoisotopic (exact) mass is 389 g/mol. The van der Waals surface area contributed by atoms with Gasteiger partial charge in [0.1, 0.15) is 11.3 Å². The van der Waals surface area contributed by atoms with Crippen molar-refractivity contribution >= 4 is 26.3 Å². The van der Waals surface area contributed by atoms with Crippen molar-refractivity contribution < 1.29 is 8.42 Å². The second-order valence-electron chi connectivity index (χ2n) is 6.96. The average molecular weight is 390 g/mol. The van der Waals surface area contributed by atoms with Crippen molar-refractivity contribution in [2.75, 3.05) is 13.1 Å². The Hall–Kier alpha value is -1.84. The first-order chi connectivity index (χ1) is 12.6. The van der Waals surface area contributed by atoms with Crippen molar-refractivity contribution in [2.45, 2.75) is 42.9 Å². The molecule has 1 aromatic carbocycles. The zero-order chi connectivity index (χ0) is 17.7. The summed E-state index contributed by atoms with van der Waals surface area (Å²) in [5, 5.41) is 13.4. The number of aryl methyl sites for hydroxylation is 2. The van der Waals surface area contributed by atoms with Gasteiger partial charge in [0, 0.05) is 19.0 Å². The molecule has 1 aliphatic heterocycles. The lowest BCUT2D eigenvalue weighted by molar-refractivity contribution is 0.318. The first kappa shape index (κ1) is 16.3. The van der Waals surface area contributed by atoms with Gasteiger partial charge in [0.05, 0.1) is 4.90 Å². The van der Waals surface area contributed by atoms with E-state index in [0.29, 0.717) is 18.0 Å². The van der Waals surface area contributed by atoms with Crippen LogP contribution in [0.25, 0.3) is 4.96 Å². The maximum Gasteiger partial charge on any atom is 0.243 e. The molecule has 0 N–H and O–H groups in total. The van der Waals surface area contributed by atoms with Crippen molar-refractivity contribution in [3.63, 3.8) is 0 Å². The van der Waals surface area contributed by atoms with E-state index in [9.17, 15) is 8.42 Å². The first-order valence-electron chi connectivity index (χ1n) is 8.90. The molecule has 9 heteroatoms. The standard InChI is InChI=1S/C17H19N5O2S2/c23-26(24,15-5-4-12-2-1-3-14(12)10-15)21-8-6-13(7-9-21)16-20-22-11-18-19-17(22)25-16/h4-5,10-11,13H,1-3,6-9H2. The van der Waals surface area contributed by atoms with E-state index >= 15 is 0 Å². The zero-order valence-electron chi connectivity index (χ0n) is 14.2. The summed E-state index contributed by atoms with van der Waals surface area (Å²) in [4.78, 5) is 1.23. The second kappa shape index (κ2) is 6.11. The van der Waals surface area contributed by atoms with Crippen molar-refractivity contribution in [3.8, 4) is 0 Å². The van der Waals surface area contributed by atoms with Gasteiger partial charge in [0.15, 0.2) is 0 Å². The molecule has 2 aliphatic rings. The molecule has 1 fully saturated rings. The molecule has 1 aliphatic carbocycles. The fraction of sp³-hybridized carbons (Fsp3) is 0.471. The van der Waals surface area contributed by atoms with Crippen LogP contribution < -0.4 is 0 Å². The number of sulfonamides is 1. The smallest absolute Gasteiger partial charge is 0.207 e. The summed E-state index contributed by atoms with van der Waals surface area (Å²) in [5.74, 6) is 0.285. The number of hydrogen-bond donors (Lipinski definition) is 0. The highest BCUT2D eigenvalue weighted by Crippen LogP contribution is 2.33. The molecule has 3 aromatic rings. The van der Waals surface area contributed by atoms with Gasteiger partial charge in [-0.1, -0.05) is 17.4 Å². The summed E-state index contributed by atoms with van der Waals surface area (Å²) < 4.78 is 29.4. The van der Waals surface area contributed by atoms with Crippen LogP contribution in [0.1, 0.15) is 41.3 Å². The van der Waals surface area contributed by atoms with E-state index in [4.69, 9.17) is 0 Å². The van der Waals surface area contributed by atoms with Gasteiger partial charge >= 0.3 is 0 Å². The fourth-order valence-corrected chi connectivity index (χ4v) is 6.45. The Morgan fingerprint density at radius 2 is 1.92 bits per heavy atom. The van der Waals surface area contributed by atoms with Gasteiger partial charge in [0.2, 0.25) is 15.0 Å². The third-order valence-electron chi connectivity index (χ3n) is 5.41. The zero-order valence-corrected chi connectivity index (χ0v) is 15.8. The highest BCUT2D eigenvalue weighted by atomic mass is 32.2. The van der Waals surface area contributed by atoms with E-state index in [-0.39, 0.29) is 5.92 Å². The predicted molar refractivity (Wildman–Crippen MR) is 97.9 cm³/mol. The topological polar surface area (TPSA) is 80.5 Å². The van der Waals surface area contributed by atoms with Crippen LogP contribution in [0.15, 0.2) is 29.4 Å². The number of aromatic nitrogens is 4. The van der Waals surface area contributed by atoms with Crippen molar-refractivity contribution in [3.05, 3.63) is 40.7 Å². The van der Waals surface area contributed by atoms with Gasteiger partial charge in [-0.25, -0.2) is 8.42 Å². The summed E-state index contributed by atoms with van der Waals surface area (Å²) in [6.07, 6.45) is 6.34. The summed E-state index contributed by atoms with van der Waals surface area (Å²) >= 11 is 1.54. The van der Waals surface area contributed by atoms with Crippen LogP contribution in [-0.2, 0) is 22.9 Å². The first-order valence-corrected chi connectivity index (χ1v) is 11.2. The van der Waals surface area contributed by atoms with E-state index in [1.807, 2.05) is 12.1 Å². The van der Waals surface area contributed by atoms with Crippen molar-refractivity contribution in [2.24, 2.45) is 0 Å². The molecule has 7 nitrogen and oxygen atoms in total. The summed E-state index contributed by atoms with van der Waals surface area (Å²) in [7, 11) is -3.41. The molecule has 0 bridgehead atoms. The van der Waals surface area contributed by atoms with Crippen LogP contribution in [0, 0.1) is 0 Å². The van der Waals surface area contributed by atoms with E-state index in [1.54, 1.807) is 21.2 Å². The lowest BCUT2D eigenvalue weighted by Crippen LogP contribution is -2.37. The van der Waals surface area contributed by atoms with Crippen LogP contribution in [0.4, 0.5) is 0 Å². The number of hydrogen-bond acceptors (Lipinski definition) is 6. The molecule has 3 heterocycles. The highest BCUT2D eigenvalue weighted by molar-refractivity contribution is 7.89. The molecule has 0 spiro atoms. The van der Waals surface area contributed by atoms with Crippen LogP contribution in [0.3, 0.4) is 0 Å².